The minimum absolute atomic E-state index is 0.0499. The molecule has 0 unspecified atom stereocenters. The van der Waals surface area contributed by atoms with Gasteiger partial charge < -0.3 is 9.64 Å². The molecule has 0 spiro atoms. The van der Waals surface area contributed by atoms with Gasteiger partial charge in [0.15, 0.2) is 5.78 Å². The standard InChI is InChI=1S/C20H22F3NO2.C11H13F.C8H12O.C3H8.C2H6/c1-3-19(25)24(12-13-26-2)14-15-4-6-16(7-5-15)17-8-10-18(11-9-17)20(21,22)23;1-9(2)3-4-10-5-7-11(12)8-6-10;1-6-4-3-5-8(6)7(2)9;1-3-2;1-2/h4-11H,3,12-14H2,1-2H3;5-8H,1,3-4H2,2H3;3-5H2,1-2H3;3H2,1-2H3;1-2H3. The van der Waals surface area contributed by atoms with Gasteiger partial charge >= 0.3 is 6.18 Å². The first kappa shape index (κ1) is 48.0. The number of alkyl halides is 3. The van der Waals surface area contributed by atoms with E-state index in [1.807, 2.05) is 64.1 Å². The number of amides is 1. The van der Waals surface area contributed by atoms with Crippen LogP contribution in [-0.4, -0.2) is 36.9 Å². The zero-order chi connectivity index (χ0) is 39.7. The Labute approximate surface area is 311 Å². The molecule has 3 aromatic carbocycles. The van der Waals surface area contributed by atoms with Crippen molar-refractivity contribution in [1.29, 1.82) is 0 Å². The second kappa shape index (κ2) is 26.7. The fourth-order valence-corrected chi connectivity index (χ4v) is 4.97. The summed E-state index contributed by atoms with van der Waals surface area (Å²) in [5.41, 5.74) is 6.55. The van der Waals surface area contributed by atoms with Gasteiger partial charge in [0.1, 0.15) is 5.82 Å². The van der Waals surface area contributed by atoms with Gasteiger partial charge in [-0.05, 0) is 105 Å². The molecule has 0 fully saturated rings. The van der Waals surface area contributed by atoms with Crippen LogP contribution < -0.4 is 0 Å². The summed E-state index contributed by atoms with van der Waals surface area (Å²) in [7, 11) is 1.59. The predicted molar refractivity (Wildman–Crippen MR) is 209 cm³/mol. The van der Waals surface area contributed by atoms with Crippen molar-refractivity contribution >= 4 is 11.7 Å². The van der Waals surface area contributed by atoms with Gasteiger partial charge in [0.25, 0.3) is 0 Å². The van der Waals surface area contributed by atoms with Crippen LogP contribution in [0.25, 0.3) is 11.1 Å². The second-order valence-electron chi connectivity index (χ2n) is 12.4. The summed E-state index contributed by atoms with van der Waals surface area (Å²) < 4.78 is 55.4. The van der Waals surface area contributed by atoms with Gasteiger partial charge in [-0.25, -0.2) is 4.39 Å². The Morgan fingerprint density at radius 2 is 1.33 bits per heavy atom. The number of aryl methyl sites for hydroxylation is 1. The number of benzene rings is 3. The van der Waals surface area contributed by atoms with E-state index in [0.29, 0.717) is 31.7 Å². The Balaban J connectivity index is 0.000000820. The van der Waals surface area contributed by atoms with Gasteiger partial charge in [-0.1, -0.05) is 101 Å². The fraction of sp³-hybridized carbons (Fsp3) is 0.455. The van der Waals surface area contributed by atoms with E-state index in [2.05, 4.69) is 27.4 Å². The lowest BCUT2D eigenvalue weighted by Crippen LogP contribution is -2.32. The van der Waals surface area contributed by atoms with E-state index in [1.165, 1.54) is 53.8 Å². The van der Waals surface area contributed by atoms with Crippen molar-refractivity contribution < 1.29 is 31.9 Å². The highest BCUT2D eigenvalue weighted by atomic mass is 19.4. The molecular formula is C44H61F4NO3. The number of methoxy groups -OCH3 is 1. The van der Waals surface area contributed by atoms with Crippen LogP contribution in [0.1, 0.15) is 111 Å². The van der Waals surface area contributed by atoms with Gasteiger partial charge in [-0.2, -0.15) is 13.2 Å². The molecule has 0 aliphatic heterocycles. The van der Waals surface area contributed by atoms with Crippen molar-refractivity contribution in [2.75, 3.05) is 20.3 Å². The van der Waals surface area contributed by atoms with Crippen LogP contribution in [0.15, 0.2) is 96.1 Å². The number of hydrogen-bond acceptors (Lipinski definition) is 3. The maximum absolute atomic E-state index is 12.6. The Morgan fingerprint density at radius 3 is 1.71 bits per heavy atom. The Hall–Kier alpha value is -4.04. The van der Waals surface area contributed by atoms with Gasteiger partial charge in [0, 0.05) is 26.6 Å². The van der Waals surface area contributed by atoms with Gasteiger partial charge in [0.05, 0.1) is 12.2 Å². The summed E-state index contributed by atoms with van der Waals surface area (Å²) in [6.07, 6.45) is 2.60. The summed E-state index contributed by atoms with van der Waals surface area (Å²) in [4.78, 5) is 24.5. The number of Topliss-reactive ketones (excluding diaryl/α,β-unsaturated/α-hetero) is 1. The molecule has 1 aliphatic rings. The number of carbonyl (C=O) groups is 2. The number of halogens is 4. The Kier molecular flexibility index (Phi) is 24.6. The lowest BCUT2D eigenvalue weighted by atomic mass is 10.0. The van der Waals surface area contributed by atoms with Gasteiger partial charge in [0.2, 0.25) is 5.91 Å². The second-order valence-corrected chi connectivity index (χ2v) is 12.4. The van der Waals surface area contributed by atoms with Crippen molar-refractivity contribution in [3.8, 4) is 11.1 Å². The van der Waals surface area contributed by atoms with Crippen molar-refractivity contribution in [2.24, 2.45) is 0 Å². The van der Waals surface area contributed by atoms with E-state index in [9.17, 15) is 27.2 Å². The molecule has 0 saturated heterocycles. The molecular weight excluding hydrogens is 666 g/mol. The van der Waals surface area contributed by atoms with Crippen molar-refractivity contribution in [3.63, 3.8) is 0 Å². The maximum atomic E-state index is 12.6. The molecule has 288 valence electrons. The molecule has 0 saturated carbocycles. The van der Waals surface area contributed by atoms with E-state index in [-0.39, 0.29) is 17.5 Å². The van der Waals surface area contributed by atoms with Crippen LogP contribution in [0.5, 0.6) is 0 Å². The lowest BCUT2D eigenvalue weighted by molar-refractivity contribution is -0.137. The summed E-state index contributed by atoms with van der Waals surface area (Å²) in [6, 6.07) is 19.2. The quantitative estimate of drug-likeness (QED) is 0.146. The zero-order valence-corrected chi connectivity index (χ0v) is 32.9. The largest absolute Gasteiger partial charge is 0.416 e. The Bertz CT molecular complexity index is 1480. The van der Waals surface area contributed by atoms with E-state index >= 15 is 0 Å². The van der Waals surface area contributed by atoms with Crippen LogP contribution in [0.3, 0.4) is 0 Å². The van der Waals surface area contributed by atoms with Crippen LogP contribution in [0.4, 0.5) is 17.6 Å². The highest BCUT2D eigenvalue weighted by Gasteiger charge is 2.30. The van der Waals surface area contributed by atoms with Crippen LogP contribution >= 0.6 is 0 Å². The van der Waals surface area contributed by atoms with E-state index in [1.54, 1.807) is 18.9 Å². The minimum atomic E-state index is -4.33. The maximum Gasteiger partial charge on any atom is 0.416 e. The predicted octanol–water partition coefficient (Wildman–Crippen LogP) is 12.6. The number of rotatable bonds is 11. The normalized spacial score (nSPS) is 11.7. The first-order valence-electron chi connectivity index (χ1n) is 18.3. The average molecular weight is 728 g/mol. The minimum Gasteiger partial charge on any atom is -0.383 e. The molecule has 1 aliphatic carbocycles. The van der Waals surface area contributed by atoms with Gasteiger partial charge in [-0.3, -0.25) is 9.59 Å². The molecule has 0 radical (unpaired) electrons. The van der Waals surface area contributed by atoms with E-state index in [0.717, 1.165) is 54.5 Å². The third kappa shape index (κ3) is 19.5. The number of ketones is 1. The molecule has 1 amide bonds. The third-order valence-electron chi connectivity index (χ3n) is 7.77. The highest BCUT2D eigenvalue weighted by molar-refractivity contribution is 5.94. The topological polar surface area (TPSA) is 46.6 Å². The number of carbonyl (C=O) groups excluding carboxylic acids is 2. The van der Waals surface area contributed by atoms with Crippen molar-refractivity contribution in [2.45, 2.75) is 113 Å². The summed E-state index contributed by atoms with van der Waals surface area (Å²) >= 11 is 0. The third-order valence-corrected chi connectivity index (χ3v) is 7.77. The van der Waals surface area contributed by atoms with Crippen LogP contribution in [-0.2, 0) is 33.5 Å². The summed E-state index contributed by atoms with van der Waals surface area (Å²) in [6.45, 7) is 21.1. The average Bonchev–Trinajstić information content (AvgIpc) is 3.57. The van der Waals surface area contributed by atoms with E-state index < -0.39 is 11.7 Å². The monoisotopic (exact) mass is 727 g/mol. The van der Waals surface area contributed by atoms with E-state index in [4.69, 9.17) is 4.74 Å². The SMILES string of the molecule is C=C(C)CCc1ccc(F)cc1.CC.CC(=O)C1=C(C)CCC1.CCC.CCC(=O)N(CCOC)Cc1ccc(-c2ccc(C(F)(F)F)cc2)cc1. The first-order valence-corrected chi connectivity index (χ1v) is 18.3. The molecule has 4 rings (SSSR count). The van der Waals surface area contributed by atoms with Crippen molar-refractivity contribution in [1.82, 2.24) is 4.90 Å². The molecule has 0 bridgehead atoms. The number of ether oxygens (including phenoxy) is 1. The molecule has 0 N–H and O–H groups in total. The molecule has 0 aromatic heterocycles. The Morgan fingerprint density at radius 1 is 0.827 bits per heavy atom. The smallest absolute Gasteiger partial charge is 0.383 e. The number of allylic oxidation sites excluding steroid dienone is 3. The van der Waals surface area contributed by atoms with Crippen LogP contribution in [0, 0.1) is 5.82 Å². The summed E-state index contributed by atoms with van der Waals surface area (Å²) in [5, 5.41) is 0. The van der Waals surface area contributed by atoms with Gasteiger partial charge in [-0.15, -0.1) is 6.58 Å². The molecule has 0 atom stereocenters. The molecule has 8 heteroatoms. The van der Waals surface area contributed by atoms with Crippen LogP contribution in [0.2, 0.25) is 0 Å². The highest BCUT2D eigenvalue weighted by Crippen LogP contribution is 2.31. The zero-order valence-electron chi connectivity index (χ0n) is 32.9. The number of hydrogen-bond donors (Lipinski definition) is 0. The number of nitrogens with zero attached hydrogens (tertiary/aromatic N) is 1. The lowest BCUT2D eigenvalue weighted by Gasteiger charge is -2.22. The molecule has 0 heterocycles. The molecule has 3 aromatic rings. The summed E-state index contributed by atoms with van der Waals surface area (Å²) in [5.74, 6) is 0.146. The molecule has 4 nitrogen and oxygen atoms in total. The molecule has 52 heavy (non-hydrogen) atoms. The first-order chi connectivity index (χ1) is 24.7. The van der Waals surface area contributed by atoms with Crippen molar-refractivity contribution in [3.05, 3.63) is 119 Å². The fourth-order valence-electron chi connectivity index (χ4n) is 4.97.